The largest absolute Gasteiger partial charge is 0.458 e. The van der Waals surface area contributed by atoms with E-state index in [1.807, 2.05) is 4.58 Å². The molecule has 232 valence electrons. The van der Waals surface area contributed by atoms with Crippen molar-refractivity contribution in [1.82, 2.24) is 0 Å². The number of benzene rings is 4. The highest BCUT2D eigenvalue weighted by Gasteiger charge is 2.31. The topological polar surface area (TPSA) is 22.6 Å². The van der Waals surface area contributed by atoms with Gasteiger partial charge in [-0.2, -0.15) is 0 Å². The van der Waals surface area contributed by atoms with Crippen LogP contribution in [0.4, 0.5) is 17.1 Å². The summed E-state index contributed by atoms with van der Waals surface area (Å²) in [6, 6.07) is 29.9. The lowest BCUT2D eigenvalue weighted by Crippen LogP contribution is -2.45. The molecule has 5 aromatic rings. The van der Waals surface area contributed by atoms with Crippen LogP contribution < -0.4 is 19.1 Å². The molecular weight excluding hydrogens is 564 g/mol. The minimum absolute atomic E-state index is 0.000377. The van der Waals surface area contributed by atoms with Crippen LogP contribution in [-0.2, 0) is 5.41 Å². The Balaban J connectivity index is 1.37. The lowest BCUT2D eigenvalue weighted by Gasteiger charge is -2.29. The van der Waals surface area contributed by atoms with Crippen molar-refractivity contribution in [3.8, 4) is 11.5 Å². The van der Waals surface area contributed by atoms with Crippen molar-refractivity contribution in [3.05, 3.63) is 133 Å². The first-order chi connectivity index (χ1) is 21.8. The molecule has 7 rings (SSSR count). The number of allylic oxidation sites excluding steroid dienone is 2. The van der Waals surface area contributed by atoms with E-state index >= 15 is 0 Å². The van der Waals surface area contributed by atoms with Gasteiger partial charge in [-0.25, -0.2) is 0 Å². The monoisotopic (exact) mass is 606 g/mol. The van der Waals surface area contributed by atoms with Gasteiger partial charge < -0.3 is 9.64 Å². The SMILES string of the molecule is C=C1N(C)c2ccccc2N1c1ccc(C(C)(C)C)c(Oc2ccc3c4ccccc4[n+]([C-]4C=C(C(C)(C)C)C=C[N+]4=C)[c-]3c2)c1. The van der Waals surface area contributed by atoms with Gasteiger partial charge in [0.25, 0.3) is 0 Å². The molecule has 5 heteroatoms. The second-order valence-corrected chi connectivity index (χ2v) is 14.4. The minimum atomic E-state index is -0.129. The van der Waals surface area contributed by atoms with Crippen LogP contribution in [0.15, 0.2) is 121 Å². The van der Waals surface area contributed by atoms with Gasteiger partial charge in [-0.05, 0) is 58.7 Å². The average Bonchev–Trinajstić information content (AvgIpc) is 3.47. The normalized spacial score (nSPS) is 15.3. The Morgan fingerprint density at radius 3 is 2.28 bits per heavy atom. The predicted molar refractivity (Wildman–Crippen MR) is 191 cm³/mol. The summed E-state index contributed by atoms with van der Waals surface area (Å²) in [7, 11) is 2.06. The molecule has 4 aromatic carbocycles. The molecule has 0 amide bonds. The lowest BCUT2D eigenvalue weighted by molar-refractivity contribution is -0.730. The predicted octanol–water partition coefficient (Wildman–Crippen LogP) is 9.70. The highest BCUT2D eigenvalue weighted by molar-refractivity contribution is 6.04. The molecule has 0 atom stereocenters. The molecule has 0 fully saturated rings. The molecule has 0 spiro atoms. The Kier molecular flexibility index (Phi) is 6.71. The van der Waals surface area contributed by atoms with Crippen LogP contribution in [0, 0.1) is 11.6 Å². The van der Waals surface area contributed by atoms with E-state index in [9.17, 15) is 0 Å². The molecule has 2 aliphatic heterocycles. The Morgan fingerprint density at radius 2 is 1.54 bits per heavy atom. The van der Waals surface area contributed by atoms with Crippen LogP contribution >= 0.6 is 0 Å². The van der Waals surface area contributed by atoms with E-state index in [4.69, 9.17) is 4.74 Å². The van der Waals surface area contributed by atoms with Crippen molar-refractivity contribution < 1.29 is 13.9 Å². The van der Waals surface area contributed by atoms with Gasteiger partial charge in [0.1, 0.15) is 28.4 Å². The highest BCUT2D eigenvalue weighted by atomic mass is 16.5. The molecule has 0 saturated heterocycles. The molecule has 0 radical (unpaired) electrons. The third-order valence-corrected chi connectivity index (χ3v) is 9.14. The second-order valence-electron chi connectivity index (χ2n) is 14.4. The average molecular weight is 607 g/mol. The first-order valence-corrected chi connectivity index (χ1v) is 15.9. The standard InChI is InChI=1S/C41H42N4O/c1-27-43(9)35-16-12-13-17-36(35)44(27)29-18-21-33(41(5,6)7)38(25-29)46-30-19-20-32-31-14-10-11-15-34(31)45(37(32)26-30)39-24-28(40(2,3)4)22-23-42(39)8/h10-26H,1,8H2,2-7,9H3. The van der Waals surface area contributed by atoms with Crippen molar-refractivity contribution in [2.24, 2.45) is 5.41 Å². The third kappa shape index (κ3) is 4.78. The van der Waals surface area contributed by atoms with Crippen LogP contribution in [0.1, 0.15) is 47.1 Å². The fourth-order valence-corrected chi connectivity index (χ4v) is 6.57. The molecule has 2 aliphatic rings. The second kappa shape index (κ2) is 10.4. The van der Waals surface area contributed by atoms with E-state index < -0.39 is 0 Å². The van der Waals surface area contributed by atoms with E-state index in [2.05, 4.69) is 180 Å². The Bertz CT molecular complexity index is 2110. The summed E-state index contributed by atoms with van der Waals surface area (Å²) >= 11 is 0. The first-order valence-electron chi connectivity index (χ1n) is 15.9. The summed E-state index contributed by atoms with van der Waals surface area (Å²) in [5.41, 5.74) is 7.71. The number of ether oxygens (including phenoxy) is 1. The molecule has 0 saturated carbocycles. The molecule has 46 heavy (non-hydrogen) atoms. The van der Waals surface area contributed by atoms with E-state index in [-0.39, 0.29) is 10.8 Å². The van der Waals surface area contributed by atoms with E-state index in [0.29, 0.717) is 0 Å². The van der Waals surface area contributed by atoms with Gasteiger partial charge in [-0.3, -0.25) is 14.0 Å². The van der Waals surface area contributed by atoms with Crippen LogP contribution in [0.3, 0.4) is 0 Å². The van der Waals surface area contributed by atoms with Crippen LogP contribution in [-0.4, -0.2) is 18.3 Å². The fraction of sp³-hybridized carbons (Fsp3) is 0.220. The molecule has 1 aromatic heterocycles. The van der Waals surface area contributed by atoms with Crippen molar-refractivity contribution in [2.45, 2.75) is 47.0 Å². The smallest absolute Gasteiger partial charge is 0.316 e. The number of nitrogens with zero attached hydrogens (tertiary/aromatic N) is 4. The summed E-state index contributed by atoms with van der Waals surface area (Å²) in [4.78, 5) is 4.33. The molecule has 0 aliphatic carbocycles. The van der Waals surface area contributed by atoms with Gasteiger partial charge in [0.05, 0.1) is 23.3 Å². The van der Waals surface area contributed by atoms with Crippen LogP contribution in [0.5, 0.6) is 11.5 Å². The number of hydrogen-bond donors (Lipinski definition) is 0. The van der Waals surface area contributed by atoms with E-state index in [1.165, 1.54) is 16.3 Å². The van der Waals surface area contributed by atoms with E-state index in [0.717, 1.165) is 57.1 Å². The molecule has 5 nitrogen and oxygen atoms in total. The fourth-order valence-electron chi connectivity index (χ4n) is 6.57. The molecule has 3 heterocycles. The summed E-state index contributed by atoms with van der Waals surface area (Å²) in [6.45, 7) is 22.2. The van der Waals surface area contributed by atoms with Crippen molar-refractivity contribution in [2.75, 3.05) is 16.8 Å². The third-order valence-electron chi connectivity index (χ3n) is 9.14. The zero-order valence-electron chi connectivity index (χ0n) is 27.9. The number of anilines is 3. The van der Waals surface area contributed by atoms with Crippen LogP contribution in [0.25, 0.3) is 21.8 Å². The van der Waals surface area contributed by atoms with Gasteiger partial charge >= 0.3 is 6.17 Å². The molecule has 0 unspecified atom stereocenters. The Morgan fingerprint density at radius 1 is 0.826 bits per heavy atom. The number of rotatable bonds is 4. The molecule has 0 N–H and O–H groups in total. The summed E-state index contributed by atoms with van der Waals surface area (Å²) in [6.07, 6.45) is 7.47. The van der Waals surface area contributed by atoms with Gasteiger partial charge in [0.2, 0.25) is 0 Å². The zero-order chi connectivity index (χ0) is 32.5. The first kappa shape index (κ1) is 29.5. The number of aromatic nitrogens is 1. The zero-order valence-corrected chi connectivity index (χ0v) is 27.9. The maximum absolute atomic E-state index is 6.88. The number of fused-ring (bicyclic) bond motifs is 4. The van der Waals surface area contributed by atoms with Crippen LogP contribution in [0.2, 0.25) is 0 Å². The van der Waals surface area contributed by atoms with Gasteiger partial charge in [-0.15, -0.1) is 11.6 Å². The number of hydrogen-bond acceptors (Lipinski definition) is 3. The quantitative estimate of drug-likeness (QED) is 0.150. The maximum atomic E-state index is 6.88. The maximum Gasteiger partial charge on any atom is 0.316 e. The summed E-state index contributed by atoms with van der Waals surface area (Å²) < 4.78 is 11.1. The minimum Gasteiger partial charge on any atom is -0.458 e. The summed E-state index contributed by atoms with van der Waals surface area (Å²) in [5.74, 6) is 2.51. The Hall–Kier alpha value is -5.16. The number of para-hydroxylation sites is 3. The van der Waals surface area contributed by atoms with Gasteiger partial charge in [0, 0.05) is 25.4 Å². The van der Waals surface area contributed by atoms with E-state index in [1.54, 1.807) is 0 Å². The molecule has 0 bridgehead atoms. The summed E-state index contributed by atoms with van der Waals surface area (Å²) in [5, 5.41) is 2.36. The van der Waals surface area contributed by atoms with Gasteiger partial charge in [0.15, 0.2) is 0 Å². The van der Waals surface area contributed by atoms with Crippen molar-refractivity contribution in [3.63, 3.8) is 0 Å². The van der Waals surface area contributed by atoms with Gasteiger partial charge in [-0.1, -0.05) is 96.0 Å². The highest BCUT2D eigenvalue weighted by Crippen LogP contribution is 2.47. The lowest BCUT2D eigenvalue weighted by atomic mass is 9.85. The molecular formula is C41H42N4O. The van der Waals surface area contributed by atoms with Crippen molar-refractivity contribution in [1.29, 1.82) is 0 Å². The Labute approximate surface area is 272 Å². The van der Waals surface area contributed by atoms with Crippen molar-refractivity contribution >= 4 is 45.6 Å².